The number of hydrogen-bond acceptors (Lipinski definition) is 2. The number of anilines is 1. The molecule has 0 saturated carbocycles. The summed E-state index contributed by atoms with van der Waals surface area (Å²) in [5.74, 6) is 0. The highest BCUT2D eigenvalue weighted by Crippen LogP contribution is 2.22. The Bertz CT molecular complexity index is 393. The minimum atomic E-state index is -0.122. The Morgan fingerprint density at radius 3 is 2.65 bits per heavy atom. The van der Waals surface area contributed by atoms with Crippen LogP contribution in [0.15, 0.2) is 30.3 Å². The van der Waals surface area contributed by atoms with Gasteiger partial charge in [0.05, 0.1) is 5.69 Å². The van der Waals surface area contributed by atoms with Gasteiger partial charge in [-0.1, -0.05) is 31.5 Å². The molecule has 1 aliphatic heterocycles. The van der Waals surface area contributed by atoms with Gasteiger partial charge in [0.25, 0.3) is 0 Å². The Morgan fingerprint density at radius 1 is 1.29 bits per heavy atom. The fourth-order valence-corrected chi connectivity index (χ4v) is 2.40. The van der Waals surface area contributed by atoms with Crippen molar-refractivity contribution in [1.29, 1.82) is 0 Å². The van der Waals surface area contributed by atoms with Crippen LogP contribution in [0.25, 0.3) is 0 Å². The van der Waals surface area contributed by atoms with Crippen molar-refractivity contribution < 1.29 is 0 Å². The summed E-state index contributed by atoms with van der Waals surface area (Å²) in [4.78, 5) is 0. The largest absolute Gasteiger partial charge is 0.342 e. The normalized spacial score (nSPS) is 23.9. The van der Waals surface area contributed by atoms with Gasteiger partial charge >= 0.3 is 0 Å². The molecule has 2 N–H and O–H groups in total. The molecule has 17 heavy (non-hydrogen) atoms. The maximum atomic E-state index is 5.37. The second kappa shape index (κ2) is 5.02. The third kappa shape index (κ3) is 2.76. The quantitative estimate of drug-likeness (QED) is 0.802. The van der Waals surface area contributed by atoms with Crippen molar-refractivity contribution in [2.75, 3.05) is 5.01 Å². The lowest BCUT2D eigenvalue weighted by molar-refractivity contribution is 0.337. The molecule has 0 bridgehead atoms. The first kappa shape index (κ1) is 12.3. The van der Waals surface area contributed by atoms with Crippen LogP contribution in [-0.4, -0.2) is 10.8 Å². The molecule has 0 spiro atoms. The molecular formula is C13H19N3S. The average Bonchev–Trinajstić information content (AvgIpc) is 2.64. The third-order valence-electron chi connectivity index (χ3n) is 2.99. The third-order valence-corrected chi connectivity index (χ3v) is 3.27. The van der Waals surface area contributed by atoms with Crippen molar-refractivity contribution in [3.05, 3.63) is 30.3 Å². The fraction of sp³-hybridized carbons (Fsp3) is 0.462. The van der Waals surface area contributed by atoms with E-state index >= 15 is 0 Å². The van der Waals surface area contributed by atoms with Gasteiger partial charge in [-0.2, -0.15) is 0 Å². The molecule has 1 atom stereocenters. The second-order valence-electron chi connectivity index (χ2n) is 4.65. The fourth-order valence-electron chi connectivity index (χ4n) is 2.03. The Morgan fingerprint density at radius 2 is 2.00 bits per heavy atom. The lowest BCUT2D eigenvalue weighted by Crippen LogP contribution is -2.48. The SMILES string of the molecule is CCCC[C@@]1(C)NC(=S)N(c2ccccc2)N1. The lowest BCUT2D eigenvalue weighted by atomic mass is 10.1. The summed E-state index contributed by atoms with van der Waals surface area (Å²) in [6.45, 7) is 4.35. The molecule has 0 radical (unpaired) electrons. The topological polar surface area (TPSA) is 27.3 Å². The van der Waals surface area contributed by atoms with Crippen LogP contribution in [0.3, 0.4) is 0 Å². The van der Waals surface area contributed by atoms with E-state index in [-0.39, 0.29) is 5.66 Å². The number of thiocarbonyl (C=S) groups is 1. The predicted molar refractivity (Wildman–Crippen MR) is 75.7 cm³/mol. The van der Waals surface area contributed by atoms with Crippen LogP contribution in [0, 0.1) is 0 Å². The first-order valence-electron chi connectivity index (χ1n) is 6.10. The van der Waals surface area contributed by atoms with E-state index in [1.807, 2.05) is 35.3 Å². The van der Waals surface area contributed by atoms with Crippen LogP contribution in [0.4, 0.5) is 5.69 Å². The number of hydrazine groups is 1. The van der Waals surface area contributed by atoms with Crippen molar-refractivity contribution >= 4 is 23.0 Å². The van der Waals surface area contributed by atoms with Crippen molar-refractivity contribution in [2.24, 2.45) is 0 Å². The molecular weight excluding hydrogens is 230 g/mol. The van der Waals surface area contributed by atoms with Gasteiger partial charge in [-0.3, -0.25) is 5.01 Å². The summed E-state index contributed by atoms with van der Waals surface area (Å²) in [7, 11) is 0. The molecule has 1 aliphatic rings. The van der Waals surface area contributed by atoms with Crippen LogP contribution in [-0.2, 0) is 0 Å². The number of unbranched alkanes of at least 4 members (excludes halogenated alkanes) is 1. The first-order valence-corrected chi connectivity index (χ1v) is 6.50. The van der Waals surface area contributed by atoms with E-state index in [9.17, 15) is 0 Å². The van der Waals surface area contributed by atoms with Gasteiger partial charge in [0.1, 0.15) is 5.66 Å². The highest BCUT2D eigenvalue weighted by molar-refractivity contribution is 7.80. The minimum absolute atomic E-state index is 0.122. The maximum absolute atomic E-state index is 5.37. The Hall–Kier alpha value is -1.13. The van der Waals surface area contributed by atoms with Crippen LogP contribution in [0.5, 0.6) is 0 Å². The summed E-state index contributed by atoms with van der Waals surface area (Å²) in [6, 6.07) is 10.1. The van der Waals surface area contributed by atoms with E-state index in [4.69, 9.17) is 12.2 Å². The van der Waals surface area contributed by atoms with E-state index in [2.05, 4.69) is 24.6 Å². The lowest BCUT2D eigenvalue weighted by Gasteiger charge is -2.25. The molecule has 3 nitrogen and oxygen atoms in total. The van der Waals surface area contributed by atoms with Crippen molar-refractivity contribution in [3.63, 3.8) is 0 Å². The van der Waals surface area contributed by atoms with E-state index in [1.165, 1.54) is 12.8 Å². The Kier molecular flexibility index (Phi) is 3.64. The van der Waals surface area contributed by atoms with Gasteiger partial charge < -0.3 is 5.32 Å². The van der Waals surface area contributed by atoms with Crippen molar-refractivity contribution in [3.8, 4) is 0 Å². The van der Waals surface area contributed by atoms with E-state index in [0.717, 1.165) is 17.2 Å². The van der Waals surface area contributed by atoms with Crippen molar-refractivity contribution in [2.45, 2.75) is 38.8 Å². The summed E-state index contributed by atoms with van der Waals surface area (Å²) in [5.41, 5.74) is 4.40. The van der Waals surface area contributed by atoms with Gasteiger partial charge in [0, 0.05) is 0 Å². The predicted octanol–water partition coefficient (Wildman–Crippen LogP) is 2.79. The summed E-state index contributed by atoms with van der Waals surface area (Å²) in [6.07, 6.45) is 3.44. The number of nitrogens with zero attached hydrogens (tertiary/aromatic N) is 1. The van der Waals surface area contributed by atoms with Gasteiger partial charge in [-0.25, -0.2) is 5.43 Å². The summed E-state index contributed by atoms with van der Waals surface area (Å²) < 4.78 is 0. The Balaban J connectivity index is 2.10. The summed E-state index contributed by atoms with van der Waals surface area (Å²) >= 11 is 5.37. The zero-order valence-corrected chi connectivity index (χ0v) is 11.2. The molecule has 1 aromatic rings. The first-order chi connectivity index (χ1) is 8.14. The number of hydrogen-bond donors (Lipinski definition) is 2. The van der Waals surface area contributed by atoms with Crippen LogP contribution in [0.1, 0.15) is 33.1 Å². The Labute approximate surface area is 108 Å². The molecule has 0 unspecified atom stereocenters. The number of rotatable bonds is 4. The van der Waals surface area contributed by atoms with Gasteiger partial charge in [0.15, 0.2) is 5.11 Å². The molecule has 92 valence electrons. The monoisotopic (exact) mass is 249 g/mol. The molecule has 0 amide bonds. The second-order valence-corrected chi connectivity index (χ2v) is 5.04. The molecule has 1 fully saturated rings. The van der Waals surface area contributed by atoms with Gasteiger partial charge in [0.2, 0.25) is 0 Å². The van der Waals surface area contributed by atoms with E-state index < -0.39 is 0 Å². The van der Waals surface area contributed by atoms with Crippen molar-refractivity contribution in [1.82, 2.24) is 10.7 Å². The number of para-hydroxylation sites is 1. The standard InChI is InChI=1S/C13H19N3S/c1-3-4-10-13(2)14-12(17)16(15-13)11-8-6-5-7-9-11/h5-9,15H,3-4,10H2,1-2H3,(H,14,17)/t13-/m0/s1. The van der Waals surface area contributed by atoms with Crippen LogP contribution in [0.2, 0.25) is 0 Å². The van der Waals surface area contributed by atoms with Gasteiger partial charge in [-0.05, 0) is 44.1 Å². The minimum Gasteiger partial charge on any atom is -0.342 e. The van der Waals surface area contributed by atoms with E-state index in [1.54, 1.807) is 0 Å². The molecule has 0 aliphatic carbocycles. The van der Waals surface area contributed by atoms with E-state index in [0.29, 0.717) is 0 Å². The number of nitrogens with one attached hydrogen (secondary N) is 2. The molecule has 4 heteroatoms. The molecule has 1 aromatic carbocycles. The maximum Gasteiger partial charge on any atom is 0.189 e. The highest BCUT2D eigenvalue weighted by atomic mass is 32.1. The molecule has 0 aromatic heterocycles. The zero-order chi connectivity index (χ0) is 12.3. The van der Waals surface area contributed by atoms with Crippen LogP contribution >= 0.6 is 12.2 Å². The average molecular weight is 249 g/mol. The van der Waals surface area contributed by atoms with Gasteiger partial charge in [-0.15, -0.1) is 0 Å². The molecule has 2 rings (SSSR count). The highest BCUT2D eigenvalue weighted by Gasteiger charge is 2.35. The molecule has 1 saturated heterocycles. The number of benzene rings is 1. The zero-order valence-electron chi connectivity index (χ0n) is 10.4. The van der Waals surface area contributed by atoms with Crippen LogP contribution < -0.4 is 15.8 Å². The smallest absolute Gasteiger partial charge is 0.189 e. The summed E-state index contributed by atoms with van der Waals surface area (Å²) in [5, 5.41) is 6.05. The molecule has 1 heterocycles.